The molecule has 8 heteroatoms. The third kappa shape index (κ3) is 4.74. The van der Waals surface area contributed by atoms with Crippen LogP contribution < -0.4 is 10.1 Å². The van der Waals surface area contributed by atoms with Crippen LogP contribution in [0.1, 0.15) is 49.2 Å². The van der Waals surface area contributed by atoms with E-state index in [9.17, 15) is 19.5 Å². The molecule has 0 bridgehead atoms. The highest BCUT2D eigenvalue weighted by Gasteiger charge is 2.33. The summed E-state index contributed by atoms with van der Waals surface area (Å²) in [5.41, 5.74) is 0.834. The SMILES string of the molecule is CCC(C(=O)NC(C)(C)C(=O)O)n1c(=NC(=O)c2ccc(C)cc2)sc2ccccc21. The number of carbonyl (C=O) groups is 3. The number of hydrogen-bond acceptors (Lipinski definition) is 4. The third-order valence-electron chi connectivity index (χ3n) is 5.00. The van der Waals surface area contributed by atoms with Crippen molar-refractivity contribution in [1.29, 1.82) is 0 Å². The van der Waals surface area contributed by atoms with E-state index in [1.165, 1.54) is 25.2 Å². The Hall–Kier alpha value is -3.26. The maximum Gasteiger partial charge on any atom is 0.328 e. The summed E-state index contributed by atoms with van der Waals surface area (Å²) in [6.45, 7) is 6.64. The number of aryl methyl sites for hydroxylation is 1. The molecule has 1 unspecified atom stereocenters. The molecule has 7 nitrogen and oxygen atoms in total. The van der Waals surface area contributed by atoms with E-state index in [1.807, 2.05) is 50.2 Å². The molecule has 0 aliphatic carbocycles. The molecule has 3 aromatic rings. The number of fused-ring (bicyclic) bond motifs is 1. The largest absolute Gasteiger partial charge is 0.480 e. The summed E-state index contributed by atoms with van der Waals surface area (Å²) in [6, 6.07) is 13.9. The van der Waals surface area contributed by atoms with E-state index in [0.717, 1.165) is 15.8 Å². The zero-order valence-electron chi connectivity index (χ0n) is 17.9. The average Bonchev–Trinajstić information content (AvgIpc) is 3.06. The summed E-state index contributed by atoms with van der Waals surface area (Å²) in [6.07, 6.45) is 0.397. The molecule has 31 heavy (non-hydrogen) atoms. The van der Waals surface area contributed by atoms with Gasteiger partial charge in [-0.3, -0.25) is 9.59 Å². The fourth-order valence-electron chi connectivity index (χ4n) is 3.15. The summed E-state index contributed by atoms with van der Waals surface area (Å²) in [5, 5.41) is 12.0. The fourth-order valence-corrected chi connectivity index (χ4v) is 4.22. The van der Waals surface area contributed by atoms with Crippen LogP contribution in [0, 0.1) is 6.92 Å². The predicted octanol–water partition coefficient (Wildman–Crippen LogP) is 3.68. The zero-order chi connectivity index (χ0) is 22.8. The molecule has 3 rings (SSSR count). The maximum atomic E-state index is 13.1. The van der Waals surface area contributed by atoms with Gasteiger partial charge in [0.25, 0.3) is 5.91 Å². The van der Waals surface area contributed by atoms with Gasteiger partial charge in [0.05, 0.1) is 10.2 Å². The van der Waals surface area contributed by atoms with Crippen molar-refractivity contribution >= 4 is 39.3 Å². The molecular weight excluding hydrogens is 414 g/mol. The van der Waals surface area contributed by atoms with Crippen LogP contribution in [0.2, 0.25) is 0 Å². The second-order valence-electron chi connectivity index (χ2n) is 7.85. The van der Waals surface area contributed by atoms with Crippen LogP contribution in [0.4, 0.5) is 0 Å². The van der Waals surface area contributed by atoms with Gasteiger partial charge in [-0.2, -0.15) is 4.99 Å². The van der Waals surface area contributed by atoms with Crippen LogP contribution in [0.25, 0.3) is 10.2 Å². The standard InChI is InChI=1S/C23H25N3O4S/c1-5-16(20(28)25-23(3,4)21(29)30)26-17-8-6-7-9-18(17)31-22(26)24-19(27)15-12-10-14(2)11-13-15/h6-13,16H,5H2,1-4H3,(H,25,28)(H,29,30). The highest BCUT2D eigenvalue weighted by atomic mass is 32.1. The smallest absolute Gasteiger partial charge is 0.328 e. The first-order valence-corrected chi connectivity index (χ1v) is 10.8. The van der Waals surface area contributed by atoms with Crippen molar-refractivity contribution in [2.24, 2.45) is 4.99 Å². The van der Waals surface area contributed by atoms with Crippen molar-refractivity contribution in [2.45, 2.75) is 45.7 Å². The Kier molecular flexibility index (Phi) is 6.40. The molecule has 2 N–H and O–H groups in total. The molecule has 1 atom stereocenters. The van der Waals surface area contributed by atoms with Crippen LogP contribution >= 0.6 is 11.3 Å². The van der Waals surface area contributed by atoms with Gasteiger partial charge in [-0.25, -0.2) is 4.79 Å². The highest BCUT2D eigenvalue weighted by molar-refractivity contribution is 7.16. The second kappa shape index (κ2) is 8.85. The van der Waals surface area contributed by atoms with E-state index < -0.39 is 29.4 Å². The number of nitrogens with zero attached hydrogens (tertiary/aromatic N) is 2. The lowest BCUT2D eigenvalue weighted by Crippen LogP contribution is -2.52. The van der Waals surface area contributed by atoms with Gasteiger partial charge in [-0.15, -0.1) is 0 Å². The summed E-state index contributed by atoms with van der Waals surface area (Å²) in [4.78, 5) is 42.1. The Labute approximate surface area is 184 Å². The first-order valence-electron chi connectivity index (χ1n) is 9.95. The fraction of sp³-hybridized carbons (Fsp3) is 0.304. The van der Waals surface area contributed by atoms with Gasteiger partial charge < -0.3 is 15.0 Å². The van der Waals surface area contributed by atoms with Gasteiger partial charge in [-0.1, -0.05) is 48.1 Å². The molecule has 0 fully saturated rings. The van der Waals surface area contributed by atoms with Crippen molar-refractivity contribution in [3.8, 4) is 0 Å². The Bertz CT molecular complexity index is 1210. The number of amides is 2. The minimum Gasteiger partial charge on any atom is -0.480 e. The summed E-state index contributed by atoms with van der Waals surface area (Å²) in [5.74, 6) is -1.97. The monoisotopic (exact) mass is 439 g/mol. The Morgan fingerprint density at radius 1 is 1.13 bits per heavy atom. The number of aromatic nitrogens is 1. The average molecular weight is 440 g/mol. The number of carboxylic acid groups (broad SMARTS) is 1. The minimum absolute atomic E-state index is 0.391. The molecular formula is C23H25N3O4S. The summed E-state index contributed by atoms with van der Waals surface area (Å²) >= 11 is 1.31. The second-order valence-corrected chi connectivity index (χ2v) is 8.86. The van der Waals surface area contributed by atoms with Gasteiger partial charge in [0.1, 0.15) is 11.6 Å². The summed E-state index contributed by atoms with van der Waals surface area (Å²) < 4.78 is 2.60. The minimum atomic E-state index is -1.42. The van der Waals surface area contributed by atoms with Crippen LogP contribution in [-0.2, 0) is 9.59 Å². The number of nitrogens with one attached hydrogen (secondary N) is 1. The Morgan fingerprint density at radius 3 is 2.39 bits per heavy atom. The predicted molar refractivity (Wildman–Crippen MR) is 120 cm³/mol. The Morgan fingerprint density at radius 2 is 1.77 bits per heavy atom. The van der Waals surface area contributed by atoms with Gasteiger partial charge >= 0.3 is 5.97 Å². The van der Waals surface area contributed by atoms with Gasteiger partial charge in [0.2, 0.25) is 5.91 Å². The number of carbonyl (C=O) groups excluding carboxylic acids is 2. The van der Waals surface area contributed by atoms with Crippen molar-refractivity contribution in [3.05, 3.63) is 64.5 Å². The normalized spacial score (nSPS) is 13.2. The number of thiazole rings is 1. The van der Waals surface area contributed by atoms with Gasteiger partial charge in [0, 0.05) is 5.56 Å². The molecule has 0 aliphatic rings. The van der Waals surface area contributed by atoms with Crippen LogP contribution in [0.15, 0.2) is 53.5 Å². The van der Waals surface area contributed by atoms with Gasteiger partial charge in [0.15, 0.2) is 4.80 Å². The lowest BCUT2D eigenvalue weighted by molar-refractivity contribution is -0.146. The zero-order valence-corrected chi connectivity index (χ0v) is 18.7. The van der Waals surface area contributed by atoms with E-state index in [4.69, 9.17) is 0 Å². The molecule has 0 saturated carbocycles. The maximum absolute atomic E-state index is 13.1. The van der Waals surface area contributed by atoms with E-state index >= 15 is 0 Å². The topological polar surface area (TPSA) is 101 Å². The van der Waals surface area contributed by atoms with Crippen molar-refractivity contribution in [1.82, 2.24) is 9.88 Å². The van der Waals surface area contributed by atoms with E-state index in [2.05, 4.69) is 10.3 Å². The molecule has 1 aromatic heterocycles. The molecule has 0 spiro atoms. The van der Waals surface area contributed by atoms with Crippen molar-refractivity contribution in [2.75, 3.05) is 0 Å². The molecule has 2 amide bonds. The van der Waals surface area contributed by atoms with Crippen molar-refractivity contribution < 1.29 is 19.5 Å². The number of benzene rings is 2. The number of aliphatic carboxylic acids is 1. The van der Waals surface area contributed by atoms with E-state index in [1.54, 1.807) is 16.7 Å². The number of hydrogen-bond donors (Lipinski definition) is 2. The number of rotatable bonds is 6. The lowest BCUT2D eigenvalue weighted by atomic mass is 10.0. The quantitative estimate of drug-likeness (QED) is 0.612. The molecule has 0 saturated heterocycles. The van der Waals surface area contributed by atoms with Crippen molar-refractivity contribution in [3.63, 3.8) is 0 Å². The van der Waals surface area contributed by atoms with Gasteiger partial charge in [-0.05, 0) is 51.5 Å². The molecule has 162 valence electrons. The number of para-hydroxylation sites is 1. The molecule has 2 aromatic carbocycles. The van der Waals surface area contributed by atoms with E-state index in [-0.39, 0.29) is 0 Å². The number of carboxylic acids is 1. The lowest BCUT2D eigenvalue weighted by Gasteiger charge is -2.25. The van der Waals surface area contributed by atoms with Crippen LogP contribution in [0.3, 0.4) is 0 Å². The van der Waals surface area contributed by atoms with E-state index in [0.29, 0.717) is 16.8 Å². The molecule has 0 radical (unpaired) electrons. The van der Waals surface area contributed by atoms with Crippen LogP contribution in [0.5, 0.6) is 0 Å². The first-order chi connectivity index (χ1) is 14.6. The molecule has 0 aliphatic heterocycles. The Balaban J connectivity index is 2.12. The van der Waals surface area contributed by atoms with Crippen LogP contribution in [-0.4, -0.2) is 33.0 Å². The molecule has 1 heterocycles. The highest BCUT2D eigenvalue weighted by Crippen LogP contribution is 2.23. The first kappa shape index (κ1) is 22.4. The third-order valence-corrected chi connectivity index (χ3v) is 6.03. The summed E-state index contributed by atoms with van der Waals surface area (Å²) in [7, 11) is 0.